The Morgan fingerprint density at radius 1 is 1.29 bits per heavy atom. The Bertz CT molecular complexity index is 816. The third kappa shape index (κ3) is 4.34. The van der Waals surface area contributed by atoms with Gasteiger partial charge in [0.15, 0.2) is 0 Å². The molecular weight excluding hydrogens is 328 g/mol. The smallest absolute Gasteiger partial charge is 0.209 e. The average molecular weight is 350 g/mol. The van der Waals surface area contributed by atoms with Crippen molar-refractivity contribution in [2.75, 3.05) is 19.9 Å². The lowest BCUT2D eigenvalue weighted by Crippen LogP contribution is -2.33. The van der Waals surface area contributed by atoms with Gasteiger partial charge in [-0.2, -0.15) is 5.10 Å². The molecule has 1 aromatic heterocycles. The van der Waals surface area contributed by atoms with Crippen LogP contribution in [0.15, 0.2) is 30.3 Å². The quantitative estimate of drug-likeness (QED) is 0.840. The summed E-state index contributed by atoms with van der Waals surface area (Å²) in [6.07, 6.45) is 1.15. The Morgan fingerprint density at radius 3 is 2.88 bits per heavy atom. The summed E-state index contributed by atoms with van der Waals surface area (Å²) in [5, 5.41) is 4.47. The van der Waals surface area contributed by atoms with E-state index in [-0.39, 0.29) is 6.54 Å². The number of methoxy groups -OCH3 is 1. The highest BCUT2D eigenvalue weighted by Crippen LogP contribution is 2.19. The number of aromatic nitrogens is 2. The highest BCUT2D eigenvalue weighted by atomic mass is 32.2. The van der Waals surface area contributed by atoms with E-state index in [1.165, 1.54) is 5.56 Å². The first-order chi connectivity index (χ1) is 11.4. The fourth-order valence-corrected chi connectivity index (χ4v) is 3.25. The van der Waals surface area contributed by atoms with E-state index in [4.69, 9.17) is 4.74 Å². The first-order valence-electron chi connectivity index (χ1n) is 7.78. The predicted octanol–water partition coefficient (Wildman–Crippen LogP) is 0.957. The Kier molecular flexibility index (Phi) is 4.88. The van der Waals surface area contributed by atoms with Crippen molar-refractivity contribution in [1.29, 1.82) is 0 Å². The molecule has 0 bridgehead atoms. The maximum absolute atomic E-state index is 11.2. The van der Waals surface area contributed by atoms with E-state index in [1.54, 1.807) is 7.11 Å². The molecule has 0 saturated heterocycles. The molecule has 1 aromatic carbocycles. The highest BCUT2D eigenvalue weighted by molar-refractivity contribution is 7.88. The number of rotatable bonds is 6. The summed E-state index contributed by atoms with van der Waals surface area (Å²) in [6, 6.07) is 10.0. The Morgan fingerprint density at radius 2 is 2.12 bits per heavy atom. The first-order valence-corrected chi connectivity index (χ1v) is 9.67. The topological polar surface area (TPSA) is 76.5 Å². The van der Waals surface area contributed by atoms with Gasteiger partial charge in [0.05, 0.1) is 37.8 Å². The van der Waals surface area contributed by atoms with Gasteiger partial charge >= 0.3 is 0 Å². The van der Waals surface area contributed by atoms with Gasteiger partial charge in [-0.15, -0.1) is 0 Å². The van der Waals surface area contributed by atoms with Crippen molar-refractivity contribution in [1.82, 2.24) is 19.4 Å². The van der Waals surface area contributed by atoms with Crippen molar-refractivity contribution in [3.8, 4) is 5.75 Å². The highest BCUT2D eigenvalue weighted by Gasteiger charge is 2.19. The fourth-order valence-electron chi connectivity index (χ4n) is 2.84. The molecule has 0 unspecified atom stereocenters. The molecule has 1 aliphatic heterocycles. The lowest BCUT2D eigenvalue weighted by molar-refractivity contribution is 0.205. The van der Waals surface area contributed by atoms with Crippen molar-refractivity contribution in [2.45, 2.75) is 26.2 Å². The predicted molar refractivity (Wildman–Crippen MR) is 91.0 cm³/mol. The molecular formula is C16H22N4O3S. The van der Waals surface area contributed by atoms with Gasteiger partial charge < -0.3 is 4.74 Å². The molecule has 130 valence electrons. The number of ether oxygens (including phenoxy) is 1. The van der Waals surface area contributed by atoms with Gasteiger partial charge in [-0.05, 0) is 23.8 Å². The summed E-state index contributed by atoms with van der Waals surface area (Å²) in [5.74, 6) is 0.865. The third-order valence-electron chi connectivity index (χ3n) is 3.98. The van der Waals surface area contributed by atoms with Crippen LogP contribution in [0.25, 0.3) is 0 Å². The van der Waals surface area contributed by atoms with Gasteiger partial charge in [0, 0.05) is 19.6 Å². The summed E-state index contributed by atoms with van der Waals surface area (Å²) in [6.45, 7) is 3.58. The maximum Gasteiger partial charge on any atom is 0.209 e. The zero-order chi connectivity index (χ0) is 17.2. The summed E-state index contributed by atoms with van der Waals surface area (Å²) in [5.41, 5.74) is 3.06. The van der Waals surface area contributed by atoms with Crippen molar-refractivity contribution in [3.63, 3.8) is 0 Å². The molecule has 0 fully saturated rings. The molecule has 3 rings (SSSR count). The zero-order valence-electron chi connectivity index (χ0n) is 13.9. The van der Waals surface area contributed by atoms with Crippen LogP contribution in [0.4, 0.5) is 0 Å². The van der Waals surface area contributed by atoms with Crippen LogP contribution >= 0.6 is 0 Å². The lowest BCUT2D eigenvalue weighted by atomic mass is 10.2. The number of nitrogens with one attached hydrogen (secondary N) is 1. The van der Waals surface area contributed by atoms with Crippen LogP contribution < -0.4 is 9.46 Å². The number of benzene rings is 1. The normalized spacial score (nSPS) is 15.2. The van der Waals surface area contributed by atoms with Gasteiger partial charge in [0.2, 0.25) is 10.0 Å². The molecule has 1 N–H and O–H groups in total. The first kappa shape index (κ1) is 16.9. The van der Waals surface area contributed by atoms with Crippen molar-refractivity contribution in [3.05, 3.63) is 47.3 Å². The standard InChI is InChI=1S/C16H22N4O3S/c1-23-16-5-3-4-13(8-16)11-19-6-7-20-15(12-19)9-14(18-20)10-17-24(2,21)22/h3-5,8-9,17H,6-7,10-12H2,1-2H3. The van der Waals surface area contributed by atoms with Gasteiger partial charge in [0.1, 0.15) is 5.75 Å². The molecule has 0 amide bonds. The molecule has 0 spiro atoms. The Balaban J connectivity index is 1.64. The molecule has 24 heavy (non-hydrogen) atoms. The van der Waals surface area contributed by atoms with E-state index < -0.39 is 10.0 Å². The van der Waals surface area contributed by atoms with Gasteiger partial charge in [-0.1, -0.05) is 12.1 Å². The minimum absolute atomic E-state index is 0.231. The number of nitrogens with zero attached hydrogens (tertiary/aromatic N) is 3. The van der Waals surface area contributed by atoms with Crippen molar-refractivity contribution < 1.29 is 13.2 Å². The van der Waals surface area contributed by atoms with Crippen LogP contribution in [0.3, 0.4) is 0 Å². The zero-order valence-corrected chi connectivity index (χ0v) is 14.7. The van der Waals surface area contributed by atoms with E-state index >= 15 is 0 Å². The second kappa shape index (κ2) is 6.92. The molecule has 7 nitrogen and oxygen atoms in total. The molecule has 8 heteroatoms. The van der Waals surface area contributed by atoms with E-state index in [1.807, 2.05) is 28.9 Å². The fraction of sp³-hybridized carbons (Fsp3) is 0.438. The molecule has 0 radical (unpaired) electrons. The van der Waals surface area contributed by atoms with Gasteiger partial charge in [0.25, 0.3) is 0 Å². The van der Waals surface area contributed by atoms with Crippen molar-refractivity contribution in [2.24, 2.45) is 0 Å². The van der Waals surface area contributed by atoms with Crippen LogP contribution in [-0.4, -0.2) is 43.0 Å². The van der Waals surface area contributed by atoms with Crippen LogP contribution in [0, 0.1) is 0 Å². The SMILES string of the molecule is COc1cccc(CN2CCn3nc(CNS(C)(=O)=O)cc3C2)c1. The van der Waals surface area contributed by atoms with Crippen LogP contribution in [0.1, 0.15) is 17.0 Å². The van der Waals surface area contributed by atoms with Crippen LogP contribution in [0.2, 0.25) is 0 Å². The largest absolute Gasteiger partial charge is 0.497 e. The molecule has 0 aliphatic carbocycles. The van der Waals surface area contributed by atoms with Gasteiger partial charge in [-0.25, -0.2) is 13.1 Å². The summed E-state index contributed by atoms with van der Waals surface area (Å²) < 4.78 is 32.1. The number of hydrogen-bond acceptors (Lipinski definition) is 5. The lowest BCUT2D eigenvalue weighted by Gasteiger charge is -2.27. The number of fused-ring (bicyclic) bond motifs is 1. The van der Waals surface area contributed by atoms with E-state index in [0.29, 0.717) is 0 Å². The minimum Gasteiger partial charge on any atom is -0.497 e. The molecule has 2 aromatic rings. The van der Waals surface area contributed by atoms with E-state index in [2.05, 4.69) is 20.8 Å². The molecule has 0 atom stereocenters. The molecule has 2 heterocycles. The Labute approximate surface area is 142 Å². The Hall–Kier alpha value is -1.90. The summed E-state index contributed by atoms with van der Waals surface area (Å²) >= 11 is 0. The monoisotopic (exact) mass is 350 g/mol. The minimum atomic E-state index is -3.20. The summed E-state index contributed by atoms with van der Waals surface area (Å²) in [4.78, 5) is 2.35. The van der Waals surface area contributed by atoms with Crippen molar-refractivity contribution >= 4 is 10.0 Å². The van der Waals surface area contributed by atoms with Crippen LogP contribution in [0.5, 0.6) is 5.75 Å². The number of sulfonamides is 1. The average Bonchev–Trinajstić information content (AvgIpc) is 2.95. The van der Waals surface area contributed by atoms with Crippen LogP contribution in [-0.2, 0) is 36.2 Å². The second-order valence-electron chi connectivity index (χ2n) is 6.01. The van der Waals surface area contributed by atoms with Gasteiger partial charge in [-0.3, -0.25) is 9.58 Å². The second-order valence-corrected chi connectivity index (χ2v) is 7.84. The maximum atomic E-state index is 11.2. The van der Waals surface area contributed by atoms with E-state index in [0.717, 1.165) is 49.6 Å². The summed E-state index contributed by atoms with van der Waals surface area (Å²) in [7, 11) is -1.53. The third-order valence-corrected chi connectivity index (χ3v) is 4.65. The molecule has 1 aliphatic rings. The van der Waals surface area contributed by atoms with E-state index in [9.17, 15) is 8.42 Å². The number of hydrogen-bond donors (Lipinski definition) is 1. The molecule has 0 saturated carbocycles.